The Morgan fingerprint density at radius 1 is 1.11 bits per heavy atom. The SMILES string of the molecule is CCC(=O)N(Cc1ccc(Cl)cc1)C(C(=O)NCCOC)c1ccccc1. The molecule has 2 amide bonds. The zero-order valence-electron chi connectivity index (χ0n) is 15.7. The fraction of sp³-hybridized carbons (Fsp3) is 0.333. The Hall–Kier alpha value is -2.37. The Bertz CT molecular complexity index is 735. The minimum atomic E-state index is -0.716. The van der Waals surface area contributed by atoms with Crippen molar-refractivity contribution in [1.29, 1.82) is 0 Å². The molecule has 1 N–H and O–H groups in total. The molecular formula is C21H25ClN2O3. The molecule has 2 rings (SSSR count). The summed E-state index contributed by atoms with van der Waals surface area (Å²) in [4.78, 5) is 27.3. The first-order valence-corrected chi connectivity index (χ1v) is 9.30. The van der Waals surface area contributed by atoms with Gasteiger partial charge in [-0.25, -0.2) is 0 Å². The van der Waals surface area contributed by atoms with E-state index in [-0.39, 0.29) is 11.8 Å². The van der Waals surface area contributed by atoms with Crippen molar-refractivity contribution in [2.24, 2.45) is 0 Å². The molecule has 0 heterocycles. The van der Waals surface area contributed by atoms with Gasteiger partial charge in [0.05, 0.1) is 6.61 Å². The summed E-state index contributed by atoms with van der Waals surface area (Å²) in [6, 6.07) is 15.9. The molecule has 0 saturated carbocycles. The Morgan fingerprint density at radius 3 is 2.37 bits per heavy atom. The number of halogens is 1. The monoisotopic (exact) mass is 388 g/mol. The molecule has 2 aromatic carbocycles. The van der Waals surface area contributed by atoms with E-state index >= 15 is 0 Å². The topological polar surface area (TPSA) is 58.6 Å². The van der Waals surface area contributed by atoms with E-state index < -0.39 is 6.04 Å². The normalized spacial score (nSPS) is 11.7. The number of carbonyl (C=O) groups is 2. The zero-order valence-corrected chi connectivity index (χ0v) is 16.4. The van der Waals surface area contributed by atoms with E-state index in [2.05, 4.69) is 5.32 Å². The molecule has 1 atom stereocenters. The number of benzene rings is 2. The Labute approximate surface area is 165 Å². The third-order valence-electron chi connectivity index (χ3n) is 4.17. The highest BCUT2D eigenvalue weighted by atomic mass is 35.5. The first-order chi connectivity index (χ1) is 13.1. The van der Waals surface area contributed by atoms with Crippen molar-refractivity contribution >= 4 is 23.4 Å². The van der Waals surface area contributed by atoms with Crippen LogP contribution < -0.4 is 5.32 Å². The number of methoxy groups -OCH3 is 1. The summed E-state index contributed by atoms with van der Waals surface area (Å²) in [6.07, 6.45) is 0.308. The summed E-state index contributed by atoms with van der Waals surface area (Å²) in [5.41, 5.74) is 1.68. The average Bonchev–Trinajstić information content (AvgIpc) is 2.69. The third kappa shape index (κ3) is 6.08. The molecule has 0 aromatic heterocycles. The maximum absolute atomic E-state index is 12.9. The Balaban J connectivity index is 2.35. The molecular weight excluding hydrogens is 364 g/mol. The van der Waals surface area contributed by atoms with Crippen LogP contribution in [0.2, 0.25) is 5.02 Å². The standard InChI is InChI=1S/C21H25ClN2O3/c1-3-19(25)24(15-16-9-11-18(22)12-10-16)20(17-7-5-4-6-8-17)21(26)23-13-14-27-2/h4-12,20H,3,13-15H2,1-2H3,(H,23,26). The summed E-state index contributed by atoms with van der Waals surface area (Å²) < 4.78 is 5.01. The number of amides is 2. The molecule has 0 aliphatic heterocycles. The van der Waals surface area contributed by atoms with Crippen LogP contribution in [0.5, 0.6) is 0 Å². The minimum Gasteiger partial charge on any atom is -0.383 e. The molecule has 0 saturated heterocycles. The van der Waals surface area contributed by atoms with Crippen LogP contribution in [-0.4, -0.2) is 37.0 Å². The van der Waals surface area contributed by atoms with Crippen LogP contribution in [0.4, 0.5) is 0 Å². The summed E-state index contributed by atoms with van der Waals surface area (Å²) >= 11 is 5.96. The number of nitrogens with one attached hydrogen (secondary N) is 1. The van der Waals surface area contributed by atoms with Crippen LogP contribution in [0.25, 0.3) is 0 Å². The highest BCUT2D eigenvalue weighted by Gasteiger charge is 2.30. The van der Waals surface area contributed by atoms with Crippen molar-refractivity contribution in [2.75, 3.05) is 20.3 Å². The van der Waals surface area contributed by atoms with E-state index in [4.69, 9.17) is 16.3 Å². The summed E-state index contributed by atoms with van der Waals surface area (Å²) in [7, 11) is 1.58. The van der Waals surface area contributed by atoms with Gasteiger partial charge in [0.1, 0.15) is 6.04 Å². The van der Waals surface area contributed by atoms with E-state index in [0.717, 1.165) is 11.1 Å². The van der Waals surface area contributed by atoms with E-state index in [1.807, 2.05) is 42.5 Å². The van der Waals surface area contributed by atoms with Gasteiger partial charge in [-0.05, 0) is 23.3 Å². The quantitative estimate of drug-likeness (QED) is 0.668. The second kappa shape index (κ2) is 10.7. The van der Waals surface area contributed by atoms with Crippen molar-refractivity contribution in [1.82, 2.24) is 10.2 Å². The van der Waals surface area contributed by atoms with Crippen molar-refractivity contribution in [3.05, 3.63) is 70.7 Å². The Kier molecular flexibility index (Phi) is 8.30. The largest absolute Gasteiger partial charge is 0.383 e. The maximum Gasteiger partial charge on any atom is 0.247 e. The van der Waals surface area contributed by atoms with Gasteiger partial charge in [-0.15, -0.1) is 0 Å². The number of carbonyl (C=O) groups excluding carboxylic acids is 2. The molecule has 144 valence electrons. The summed E-state index contributed by atoms with van der Waals surface area (Å²) in [5.74, 6) is -0.324. The molecule has 0 spiro atoms. The molecule has 6 heteroatoms. The van der Waals surface area contributed by atoms with Gasteiger partial charge in [-0.3, -0.25) is 9.59 Å². The lowest BCUT2D eigenvalue weighted by molar-refractivity contribution is -0.141. The number of nitrogens with zero attached hydrogens (tertiary/aromatic N) is 1. The second-order valence-electron chi connectivity index (χ2n) is 6.10. The molecule has 1 unspecified atom stereocenters. The van der Waals surface area contributed by atoms with Gasteiger partial charge < -0.3 is 15.0 Å². The lowest BCUT2D eigenvalue weighted by Gasteiger charge is -2.31. The zero-order chi connectivity index (χ0) is 19.6. The van der Waals surface area contributed by atoms with Crippen LogP contribution >= 0.6 is 11.6 Å². The lowest BCUT2D eigenvalue weighted by Crippen LogP contribution is -2.44. The molecule has 27 heavy (non-hydrogen) atoms. The first kappa shape index (κ1) is 20.9. The van der Waals surface area contributed by atoms with Crippen LogP contribution in [0.15, 0.2) is 54.6 Å². The second-order valence-corrected chi connectivity index (χ2v) is 6.54. The molecule has 0 fully saturated rings. The van der Waals surface area contributed by atoms with E-state index in [9.17, 15) is 9.59 Å². The summed E-state index contributed by atoms with van der Waals surface area (Å²) in [5, 5.41) is 3.49. The minimum absolute atomic E-state index is 0.0966. The van der Waals surface area contributed by atoms with Crippen molar-refractivity contribution in [2.45, 2.75) is 25.9 Å². The predicted octanol–water partition coefficient (Wildman–Crippen LogP) is 3.58. The molecule has 5 nitrogen and oxygen atoms in total. The molecule has 2 aromatic rings. The van der Waals surface area contributed by atoms with Gasteiger partial charge in [0.15, 0.2) is 0 Å². The predicted molar refractivity (Wildman–Crippen MR) is 106 cm³/mol. The molecule has 0 aliphatic rings. The van der Waals surface area contributed by atoms with Gasteiger partial charge in [0.2, 0.25) is 11.8 Å². The molecule has 0 radical (unpaired) electrons. The van der Waals surface area contributed by atoms with Gasteiger partial charge in [-0.2, -0.15) is 0 Å². The number of hydrogen-bond donors (Lipinski definition) is 1. The van der Waals surface area contributed by atoms with Gasteiger partial charge in [0.25, 0.3) is 0 Å². The lowest BCUT2D eigenvalue weighted by atomic mass is 10.0. The van der Waals surface area contributed by atoms with Gasteiger partial charge >= 0.3 is 0 Å². The Morgan fingerprint density at radius 2 is 1.78 bits per heavy atom. The molecule has 0 bridgehead atoms. The number of ether oxygens (including phenoxy) is 1. The first-order valence-electron chi connectivity index (χ1n) is 8.92. The van der Waals surface area contributed by atoms with Crippen LogP contribution in [0, 0.1) is 0 Å². The number of rotatable bonds is 9. The van der Waals surface area contributed by atoms with E-state index in [1.165, 1.54) is 0 Å². The highest BCUT2D eigenvalue weighted by molar-refractivity contribution is 6.30. The van der Waals surface area contributed by atoms with Crippen molar-refractivity contribution in [3.63, 3.8) is 0 Å². The fourth-order valence-corrected chi connectivity index (χ4v) is 2.92. The fourth-order valence-electron chi connectivity index (χ4n) is 2.79. The molecule has 0 aliphatic carbocycles. The average molecular weight is 389 g/mol. The van der Waals surface area contributed by atoms with Crippen LogP contribution in [0.3, 0.4) is 0 Å². The van der Waals surface area contributed by atoms with Gasteiger partial charge in [0, 0.05) is 31.6 Å². The van der Waals surface area contributed by atoms with Crippen LogP contribution in [-0.2, 0) is 20.9 Å². The highest BCUT2D eigenvalue weighted by Crippen LogP contribution is 2.25. The van der Waals surface area contributed by atoms with Crippen LogP contribution in [0.1, 0.15) is 30.5 Å². The van der Waals surface area contributed by atoms with Crippen molar-refractivity contribution < 1.29 is 14.3 Å². The van der Waals surface area contributed by atoms with Crippen molar-refractivity contribution in [3.8, 4) is 0 Å². The summed E-state index contributed by atoms with van der Waals surface area (Å²) in [6.45, 7) is 2.91. The third-order valence-corrected chi connectivity index (χ3v) is 4.42. The smallest absolute Gasteiger partial charge is 0.247 e. The van der Waals surface area contributed by atoms with Gasteiger partial charge in [-0.1, -0.05) is 61.0 Å². The van der Waals surface area contributed by atoms with E-state index in [1.54, 1.807) is 31.1 Å². The number of hydrogen-bond acceptors (Lipinski definition) is 3. The van der Waals surface area contributed by atoms with E-state index in [0.29, 0.717) is 31.1 Å². The maximum atomic E-state index is 12.9.